The van der Waals surface area contributed by atoms with E-state index in [0.29, 0.717) is 13.2 Å². The second-order valence-corrected chi connectivity index (χ2v) is 3.33. The van der Waals surface area contributed by atoms with Gasteiger partial charge in [0.25, 0.3) is 0 Å². The van der Waals surface area contributed by atoms with Crippen molar-refractivity contribution in [2.75, 3.05) is 19.8 Å². The van der Waals surface area contributed by atoms with Crippen LogP contribution in [0.5, 0.6) is 0 Å². The molecule has 3 atom stereocenters. The van der Waals surface area contributed by atoms with Gasteiger partial charge in [-0.15, -0.1) is 0 Å². The van der Waals surface area contributed by atoms with Gasteiger partial charge in [-0.2, -0.15) is 0 Å². The van der Waals surface area contributed by atoms with Crippen molar-refractivity contribution < 1.29 is 19.4 Å². The highest BCUT2D eigenvalue weighted by molar-refractivity contribution is 5.77. The Morgan fingerprint density at radius 2 is 2.38 bits per heavy atom. The molecule has 2 fully saturated rings. The monoisotopic (exact) mass is 187 g/mol. The lowest BCUT2D eigenvalue weighted by Crippen LogP contribution is -2.44. The minimum absolute atomic E-state index is 0.0181. The summed E-state index contributed by atoms with van der Waals surface area (Å²) < 4.78 is 10.8. The number of aliphatic hydroxyl groups is 1. The molecule has 2 saturated heterocycles. The van der Waals surface area contributed by atoms with E-state index in [9.17, 15) is 4.79 Å². The fraction of sp³-hybridized carbons (Fsp3) is 0.875. The van der Waals surface area contributed by atoms with Crippen molar-refractivity contribution in [1.29, 1.82) is 0 Å². The minimum Gasteiger partial charge on any atom is -0.387 e. The molecule has 2 aliphatic rings. The zero-order chi connectivity index (χ0) is 9.26. The first-order chi connectivity index (χ1) is 6.31. The summed E-state index contributed by atoms with van der Waals surface area (Å²) in [4.78, 5) is 10.9. The lowest BCUT2D eigenvalue weighted by molar-refractivity contribution is -0.125. The number of carbonyl (C=O) groups excluding carboxylic acids is 1. The van der Waals surface area contributed by atoms with Gasteiger partial charge < -0.3 is 19.9 Å². The molecule has 2 aliphatic heterocycles. The normalized spacial score (nSPS) is 37.5. The highest BCUT2D eigenvalue weighted by Gasteiger charge is 2.42. The molecule has 0 saturated carbocycles. The fourth-order valence-corrected chi connectivity index (χ4v) is 1.84. The Kier molecular flexibility index (Phi) is 2.48. The van der Waals surface area contributed by atoms with E-state index in [1.807, 2.05) is 0 Å². The van der Waals surface area contributed by atoms with Gasteiger partial charge in [0.1, 0.15) is 12.7 Å². The molecule has 0 radical (unpaired) electrons. The van der Waals surface area contributed by atoms with Crippen LogP contribution >= 0.6 is 0 Å². The van der Waals surface area contributed by atoms with E-state index in [0.717, 1.165) is 6.42 Å². The van der Waals surface area contributed by atoms with Gasteiger partial charge in [0.2, 0.25) is 5.91 Å². The van der Waals surface area contributed by atoms with Crippen LogP contribution in [0.4, 0.5) is 0 Å². The van der Waals surface area contributed by atoms with E-state index in [-0.39, 0.29) is 24.2 Å². The maximum Gasteiger partial charge on any atom is 0.246 e. The highest BCUT2D eigenvalue weighted by Crippen LogP contribution is 2.26. The van der Waals surface area contributed by atoms with Crippen LogP contribution in [0.25, 0.3) is 0 Å². The Morgan fingerprint density at radius 1 is 1.54 bits per heavy atom. The molecule has 13 heavy (non-hydrogen) atoms. The van der Waals surface area contributed by atoms with Gasteiger partial charge in [-0.05, 0) is 6.42 Å². The Morgan fingerprint density at radius 3 is 3.15 bits per heavy atom. The summed E-state index contributed by atoms with van der Waals surface area (Å²) in [5.41, 5.74) is 0. The van der Waals surface area contributed by atoms with E-state index in [2.05, 4.69) is 5.32 Å². The fourth-order valence-electron chi connectivity index (χ4n) is 1.84. The standard InChI is InChI=1S/C8H13NO4/c10-3-7(11)9-5-4-13-6-1-2-12-8(5)6/h5-6,8,10H,1-4H2,(H,9,11)/t5-,6?,8?/m1/s1. The molecule has 0 bridgehead atoms. The van der Waals surface area contributed by atoms with E-state index in [1.54, 1.807) is 0 Å². The van der Waals surface area contributed by atoms with Crippen LogP contribution in [-0.4, -0.2) is 49.1 Å². The first-order valence-corrected chi connectivity index (χ1v) is 4.44. The molecule has 5 nitrogen and oxygen atoms in total. The smallest absolute Gasteiger partial charge is 0.246 e. The van der Waals surface area contributed by atoms with Crippen molar-refractivity contribution in [3.63, 3.8) is 0 Å². The zero-order valence-electron chi connectivity index (χ0n) is 7.23. The SMILES string of the molecule is O=C(CO)N[C@@H]1COC2CCOC21. The molecule has 0 aromatic carbocycles. The first kappa shape index (κ1) is 8.93. The Hall–Kier alpha value is -0.650. The second-order valence-electron chi connectivity index (χ2n) is 3.33. The van der Waals surface area contributed by atoms with Crippen LogP contribution in [-0.2, 0) is 14.3 Å². The quantitative estimate of drug-likeness (QED) is 0.561. The Labute approximate surface area is 76.0 Å². The number of hydrogen-bond acceptors (Lipinski definition) is 4. The van der Waals surface area contributed by atoms with E-state index in [1.165, 1.54) is 0 Å². The van der Waals surface area contributed by atoms with Crippen LogP contribution in [0.1, 0.15) is 6.42 Å². The summed E-state index contributed by atoms with van der Waals surface area (Å²) in [5, 5.41) is 11.2. The number of ether oxygens (including phenoxy) is 2. The van der Waals surface area contributed by atoms with Gasteiger partial charge >= 0.3 is 0 Å². The van der Waals surface area contributed by atoms with E-state index >= 15 is 0 Å². The van der Waals surface area contributed by atoms with E-state index < -0.39 is 6.61 Å². The van der Waals surface area contributed by atoms with Crippen LogP contribution in [0, 0.1) is 0 Å². The number of carbonyl (C=O) groups is 1. The molecular formula is C8H13NO4. The molecule has 0 aromatic heterocycles. The average molecular weight is 187 g/mol. The molecule has 74 valence electrons. The molecule has 5 heteroatoms. The Bertz CT molecular complexity index is 208. The van der Waals surface area contributed by atoms with Gasteiger partial charge in [0.15, 0.2) is 0 Å². The molecule has 0 aromatic rings. The maximum absolute atomic E-state index is 10.9. The summed E-state index contributed by atoms with van der Waals surface area (Å²) >= 11 is 0. The second kappa shape index (κ2) is 3.61. The molecule has 2 rings (SSSR count). The average Bonchev–Trinajstić information content (AvgIpc) is 2.69. The van der Waals surface area contributed by atoms with Crippen molar-refractivity contribution in [1.82, 2.24) is 5.32 Å². The van der Waals surface area contributed by atoms with Crippen LogP contribution in [0.2, 0.25) is 0 Å². The molecule has 1 amide bonds. The number of aliphatic hydroxyl groups excluding tert-OH is 1. The highest BCUT2D eigenvalue weighted by atomic mass is 16.6. The zero-order valence-corrected chi connectivity index (χ0v) is 7.23. The largest absolute Gasteiger partial charge is 0.387 e. The van der Waals surface area contributed by atoms with E-state index in [4.69, 9.17) is 14.6 Å². The molecule has 0 aliphatic carbocycles. The molecule has 2 N–H and O–H groups in total. The third-order valence-electron chi connectivity index (χ3n) is 2.46. The van der Waals surface area contributed by atoms with Gasteiger partial charge in [-0.25, -0.2) is 0 Å². The van der Waals surface area contributed by atoms with Crippen molar-refractivity contribution in [3.8, 4) is 0 Å². The number of amides is 1. The topological polar surface area (TPSA) is 67.8 Å². The summed E-state index contributed by atoms with van der Waals surface area (Å²) in [5.74, 6) is -0.371. The van der Waals surface area contributed by atoms with Crippen LogP contribution in [0.15, 0.2) is 0 Å². The van der Waals surface area contributed by atoms with Gasteiger partial charge in [-0.3, -0.25) is 4.79 Å². The number of hydrogen-bond donors (Lipinski definition) is 2. The summed E-state index contributed by atoms with van der Waals surface area (Å²) in [6.45, 7) is 0.704. The lowest BCUT2D eigenvalue weighted by atomic mass is 10.1. The van der Waals surface area contributed by atoms with Gasteiger partial charge in [0.05, 0.1) is 18.8 Å². The molecular weight excluding hydrogens is 174 g/mol. The van der Waals surface area contributed by atoms with Crippen molar-refractivity contribution in [3.05, 3.63) is 0 Å². The lowest BCUT2D eigenvalue weighted by Gasteiger charge is -2.16. The summed E-state index contributed by atoms with van der Waals surface area (Å²) in [6, 6.07) is -0.0906. The predicted octanol–water partition coefficient (Wildman–Crippen LogP) is -1.35. The van der Waals surface area contributed by atoms with Gasteiger partial charge in [-0.1, -0.05) is 0 Å². The van der Waals surface area contributed by atoms with Crippen LogP contribution in [0.3, 0.4) is 0 Å². The summed E-state index contributed by atoms with van der Waals surface area (Å²) in [6.07, 6.45) is 1.01. The first-order valence-electron chi connectivity index (χ1n) is 4.44. The number of rotatable bonds is 2. The van der Waals surface area contributed by atoms with Crippen LogP contribution < -0.4 is 5.32 Å². The number of nitrogens with one attached hydrogen (secondary N) is 1. The van der Waals surface area contributed by atoms with Crippen molar-refractivity contribution >= 4 is 5.91 Å². The molecule has 2 heterocycles. The van der Waals surface area contributed by atoms with Crippen molar-refractivity contribution in [2.45, 2.75) is 24.7 Å². The third kappa shape index (κ3) is 1.67. The molecule has 2 unspecified atom stereocenters. The number of fused-ring (bicyclic) bond motifs is 1. The maximum atomic E-state index is 10.9. The molecule has 0 spiro atoms. The summed E-state index contributed by atoms with van der Waals surface area (Å²) in [7, 11) is 0. The van der Waals surface area contributed by atoms with Gasteiger partial charge in [0, 0.05) is 6.61 Å². The Balaban J connectivity index is 1.90. The minimum atomic E-state index is -0.478. The third-order valence-corrected chi connectivity index (χ3v) is 2.46. The van der Waals surface area contributed by atoms with Crippen molar-refractivity contribution in [2.24, 2.45) is 0 Å². The predicted molar refractivity (Wildman–Crippen MR) is 43.1 cm³/mol.